The lowest BCUT2D eigenvalue weighted by atomic mass is 10.1. The number of hydrogen-bond acceptors (Lipinski definition) is 3. The van der Waals surface area contributed by atoms with Gasteiger partial charge in [0.05, 0.1) is 0 Å². The van der Waals surface area contributed by atoms with E-state index in [1.54, 1.807) is 19.1 Å². The van der Waals surface area contributed by atoms with Crippen LogP contribution >= 0.6 is 12.4 Å². The number of sulfonamides is 1. The molecule has 0 spiro atoms. The molecule has 0 amide bonds. The Balaban J connectivity index is 0.00000200. The predicted molar refractivity (Wildman–Crippen MR) is 79.2 cm³/mol. The van der Waals surface area contributed by atoms with Gasteiger partial charge in [0.1, 0.15) is 10.7 Å². The zero-order valence-electron chi connectivity index (χ0n) is 11.8. The van der Waals surface area contributed by atoms with Crippen LogP contribution in [0.15, 0.2) is 23.1 Å². The van der Waals surface area contributed by atoms with Crippen molar-refractivity contribution in [2.75, 3.05) is 13.1 Å². The number of aryl methyl sites for hydroxylation is 1. The SMILES string of the molecule is Cc1cccc(S(=O)(=O)N2CCNC(C)C2C)c1F.Cl. The Morgan fingerprint density at radius 3 is 2.65 bits per heavy atom. The molecule has 0 bridgehead atoms. The van der Waals surface area contributed by atoms with Crippen LogP contribution in [0.3, 0.4) is 0 Å². The van der Waals surface area contributed by atoms with E-state index in [4.69, 9.17) is 0 Å². The third-order valence-corrected chi connectivity index (χ3v) is 5.72. The highest BCUT2D eigenvalue weighted by Gasteiger charge is 2.35. The lowest BCUT2D eigenvalue weighted by Crippen LogP contribution is -2.57. The summed E-state index contributed by atoms with van der Waals surface area (Å²) in [5.41, 5.74) is 0.344. The number of benzene rings is 1. The van der Waals surface area contributed by atoms with Gasteiger partial charge in [0, 0.05) is 25.2 Å². The second-order valence-corrected chi connectivity index (χ2v) is 6.85. The van der Waals surface area contributed by atoms with Crippen molar-refractivity contribution in [1.29, 1.82) is 0 Å². The van der Waals surface area contributed by atoms with Gasteiger partial charge in [-0.2, -0.15) is 4.31 Å². The van der Waals surface area contributed by atoms with E-state index < -0.39 is 15.8 Å². The van der Waals surface area contributed by atoms with Gasteiger partial charge in [-0.3, -0.25) is 0 Å². The Hall–Kier alpha value is -0.690. The number of piperazine rings is 1. The van der Waals surface area contributed by atoms with Crippen LogP contribution in [0.4, 0.5) is 4.39 Å². The zero-order valence-corrected chi connectivity index (χ0v) is 13.4. The maximum absolute atomic E-state index is 14.1. The molecule has 1 aromatic rings. The standard InChI is InChI=1S/C13H19FN2O2S.ClH/c1-9-5-4-6-12(13(9)14)19(17,18)16-8-7-15-10(2)11(16)3;/h4-6,10-11,15H,7-8H2,1-3H3;1H. The first-order valence-corrected chi connectivity index (χ1v) is 7.80. The molecule has 1 fully saturated rings. The van der Waals surface area contributed by atoms with E-state index in [0.29, 0.717) is 18.7 Å². The lowest BCUT2D eigenvalue weighted by Gasteiger charge is -2.37. The summed E-state index contributed by atoms with van der Waals surface area (Å²) in [5, 5.41) is 3.21. The first-order valence-electron chi connectivity index (χ1n) is 6.36. The second-order valence-electron chi connectivity index (χ2n) is 4.99. The van der Waals surface area contributed by atoms with Crippen molar-refractivity contribution in [3.8, 4) is 0 Å². The van der Waals surface area contributed by atoms with Crippen LogP contribution in [0.1, 0.15) is 19.4 Å². The average Bonchev–Trinajstić information content (AvgIpc) is 2.35. The number of rotatable bonds is 2. The summed E-state index contributed by atoms with van der Waals surface area (Å²) < 4.78 is 40.6. The second kappa shape index (κ2) is 6.39. The zero-order chi connectivity index (χ0) is 14.2. The van der Waals surface area contributed by atoms with Crippen LogP contribution in [-0.2, 0) is 10.0 Å². The molecular weight excluding hydrogens is 303 g/mol. The molecule has 0 saturated carbocycles. The minimum atomic E-state index is -3.78. The van der Waals surface area contributed by atoms with E-state index in [1.165, 1.54) is 10.4 Å². The van der Waals surface area contributed by atoms with Crippen LogP contribution in [0.25, 0.3) is 0 Å². The summed E-state index contributed by atoms with van der Waals surface area (Å²) in [5.74, 6) is -0.652. The molecule has 0 aliphatic carbocycles. The van der Waals surface area contributed by atoms with E-state index >= 15 is 0 Å². The van der Waals surface area contributed by atoms with Crippen molar-refractivity contribution in [1.82, 2.24) is 9.62 Å². The molecule has 1 aromatic carbocycles. The van der Waals surface area contributed by atoms with Crippen molar-refractivity contribution in [2.45, 2.75) is 37.8 Å². The minimum absolute atomic E-state index is 0. The molecule has 2 unspecified atom stereocenters. The van der Waals surface area contributed by atoms with Crippen molar-refractivity contribution >= 4 is 22.4 Å². The molecule has 1 saturated heterocycles. The molecule has 2 atom stereocenters. The molecule has 1 aliphatic rings. The lowest BCUT2D eigenvalue weighted by molar-refractivity contribution is 0.232. The summed E-state index contributed by atoms with van der Waals surface area (Å²) >= 11 is 0. The van der Waals surface area contributed by atoms with Crippen LogP contribution < -0.4 is 5.32 Å². The van der Waals surface area contributed by atoms with Crippen molar-refractivity contribution in [3.05, 3.63) is 29.6 Å². The molecule has 4 nitrogen and oxygen atoms in total. The van der Waals surface area contributed by atoms with Crippen LogP contribution in [0.2, 0.25) is 0 Å². The molecular formula is C13H20ClFN2O2S. The topological polar surface area (TPSA) is 49.4 Å². The molecule has 2 rings (SSSR count). The predicted octanol–water partition coefficient (Wildman–Crippen LogP) is 1.93. The van der Waals surface area contributed by atoms with Crippen LogP contribution in [0, 0.1) is 12.7 Å². The Morgan fingerprint density at radius 1 is 1.35 bits per heavy atom. The molecule has 20 heavy (non-hydrogen) atoms. The van der Waals surface area contributed by atoms with Gasteiger partial charge in [0.25, 0.3) is 0 Å². The first-order chi connectivity index (χ1) is 8.85. The highest BCUT2D eigenvalue weighted by atomic mass is 35.5. The van der Waals surface area contributed by atoms with E-state index in [2.05, 4.69) is 5.32 Å². The number of nitrogens with one attached hydrogen (secondary N) is 1. The minimum Gasteiger partial charge on any atom is -0.311 e. The largest absolute Gasteiger partial charge is 0.311 e. The quantitative estimate of drug-likeness (QED) is 0.905. The third-order valence-electron chi connectivity index (χ3n) is 3.72. The van der Waals surface area contributed by atoms with E-state index in [-0.39, 0.29) is 29.4 Å². The van der Waals surface area contributed by atoms with Crippen LogP contribution in [0.5, 0.6) is 0 Å². The summed E-state index contributed by atoms with van der Waals surface area (Å²) in [6.07, 6.45) is 0. The third kappa shape index (κ3) is 2.98. The molecule has 1 aliphatic heterocycles. The van der Waals surface area contributed by atoms with Gasteiger partial charge >= 0.3 is 0 Å². The van der Waals surface area contributed by atoms with Gasteiger partial charge < -0.3 is 5.32 Å². The van der Waals surface area contributed by atoms with Crippen molar-refractivity contribution < 1.29 is 12.8 Å². The summed E-state index contributed by atoms with van der Waals surface area (Å²) in [6, 6.07) is 4.33. The van der Waals surface area contributed by atoms with E-state index in [0.717, 1.165) is 0 Å². The molecule has 1 heterocycles. The Labute approximate surface area is 125 Å². The van der Waals surface area contributed by atoms with Crippen molar-refractivity contribution in [2.24, 2.45) is 0 Å². The van der Waals surface area contributed by atoms with E-state index in [1.807, 2.05) is 13.8 Å². The maximum atomic E-state index is 14.1. The first kappa shape index (κ1) is 17.4. The fraction of sp³-hybridized carbons (Fsp3) is 0.538. The Bertz CT molecular complexity index is 580. The number of halogens is 2. The Kier molecular flexibility index (Phi) is 5.54. The highest BCUT2D eigenvalue weighted by molar-refractivity contribution is 7.89. The maximum Gasteiger partial charge on any atom is 0.246 e. The smallest absolute Gasteiger partial charge is 0.246 e. The average molecular weight is 323 g/mol. The fourth-order valence-electron chi connectivity index (χ4n) is 2.31. The molecule has 7 heteroatoms. The molecule has 0 aromatic heterocycles. The highest BCUT2D eigenvalue weighted by Crippen LogP contribution is 2.24. The fourth-order valence-corrected chi connectivity index (χ4v) is 4.15. The molecule has 1 N–H and O–H groups in total. The van der Waals surface area contributed by atoms with Gasteiger partial charge in [0.2, 0.25) is 10.0 Å². The summed E-state index contributed by atoms with van der Waals surface area (Å²) in [6.45, 7) is 6.28. The van der Waals surface area contributed by atoms with Gasteiger partial charge in [0.15, 0.2) is 0 Å². The Morgan fingerprint density at radius 2 is 2.00 bits per heavy atom. The molecule has 114 valence electrons. The van der Waals surface area contributed by atoms with Gasteiger partial charge in [-0.1, -0.05) is 12.1 Å². The number of nitrogens with zero attached hydrogens (tertiary/aromatic N) is 1. The number of hydrogen-bond donors (Lipinski definition) is 1. The van der Waals surface area contributed by atoms with Crippen molar-refractivity contribution in [3.63, 3.8) is 0 Å². The summed E-state index contributed by atoms with van der Waals surface area (Å²) in [4.78, 5) is -0.228. The van der Waals surface area contributed by atoms with E-state index in [9.17, 15) is 12.8 Å². The van der Waals surface area contributed by atoms with Gasteiger partial charge in [-0.25, -0.2) is 12.8 Å². The summed E-state index contributed by atoms with van der Waals surface area (Å²) in [7, 11) is -3.78. The normalized spacial score (nSPS) is 24.2. The van der Waals surface area contributed by atoms with Gasteiger partial charge in [-0.15, -0.1) is 12.4 Å². The monoisotopic (exact) mass is 322 g/mol. The van der Waals surface area contributed by atoms with Gasteiger partial charge in [-0.05, 0) is 32.4 Å². The van der Waals surface area contributed by atoms with Crippen LogP contribution in [-0.4, -0.2) is 37.9 Å². The molecule has 0 radical (unpaired) electrons.